The summed E-state index contributed by atoms with van der Waals surface area (Å²) in [6.07, 6.45) is 5.08. The highest BCUT2D eigenvalue weighted by Crippen LogP contribution is 2.17. The monoisotopic (exact) mass is 311 g/mol. The minimum absolute atomic E-state index is 0.415. The lowest BCUT2D eigenvalue weighted by molar-refractivity contribution is 0.414. The molecule has 110 valence electrons. The van der Waals surface area contributed by atoms with Crippen LogP contribution in [0.3, 0.4) is 0 Å². The van der Waals surface area contributed by atoms with Gasteiger partial charge >= 0.3 is 0 Å². The Morgan fingerprint density at radius 1 is 1.23 bits per heavy atom. The SMILES string of the molecule is COc1ccccc1/C=N/n1c(-c2ccncc2)n[nH]c1=S. The first-order chi connectivity index (χ1) is 10.8. The second-order valence-electron chi connectivity index (χ2n) is 4.39. The Kier molecular flexibility index (Phi) is 4.06. The lowest BCUT2D eigenvalue weighted by atomic mass is 10.2. The smallest absolute Gasteiger partial charge is 0.216 e. The number of para-hydroxylation sites is 1. The third-order valence-corrected chi connectivity index (χ3v) is 3.30. The zero-order valence-corrected chi connectivity index (χ0v) is 12.6. The molecule has 0 aliphatic rings. The normalized spacial score (nSPS) is 11.0. The molecule has 22 heavy (non-hydrogen) atoms. The molecule has 1 aromatic carbocycles. The summed E-state index contributed by atoms with van der Waals surface area (Å²) in [5.74, 6) is 1.37. The standard InChI is InChI=1S/C15H13N5OS/c1-21-13-5-3-2-4-12(13)10-17-20-14(18-19-15(20)22)11-6-8-16-9-7-11/h2-10H,1H3,(H,19,22)/b17-10+. The number of aromatic amines is 1. The summed E-state index contributed by atoms with van der Waals surface area (Å²) >= 11 is 5.23. The maximum Gasteiger partial charge on any atom is 0.216 e. The fourth-order valence-corrected chi connectivity index (χ4v) is 2.16. The summed E-state index contributed by atoms with van der Waals surface area (Å²) < 4.78 is 7.28. The molecule has 0 spiro atoms. The van der Waals surface area contributed by atoms with E-state index in [-0.39, 0.29) is 0 Å². The molecule has 0 radical (unpaired) electrons. The maximum absolute atomic E-state index is 5.30. The van der Waals surface area contributed by atoms with Crippen molar-refractivity contribution in [3.05, 3.63) is 59.1 Å². The van der Waals surface area contributed by atoms with E-state index in [9.17, 15) is 0 Å². The van der Waals surface area contributed by atoms with E-state index in [0.717, 1.165) is 16.9 Å². The third-order valence-electron chi connectivity index (χ3n) is 3.04. The highest BCUT2D eigenvalue weighted by atomic mass is 32.1. The molecule has 1 N–H and O–H groups in total. The van der Waals surface area contributed by atoms with Gasteiger partial charge in [-0.1, -0.05) is 12.1 Å². The van der Waals surface area contributed by atoms with Crippen LogP contribution in [-0.4, -0.2) is 33.2 Å². The number of hydrogen-bond donors (Lipinski definition) is 1. The Hall–Kier alpha value is -2.80. The summed E-state index contributed by atoms with van der Waals surface area (Å²) in [6.45, 7) is 0. The van der Waals surface area contributed by atoms with E-state index < -0.39 is 0 Å². The molecule has 3 aromatic rings. The molecule has 3 rings (SSSR count). The summed E-state index contributed by atoms with van der Waals surface area (Å²) in [5.41, 5.74) is 1.73. The van der Waals surface area contributed by atoms with Crippen molar-refractivity contribution in [3.63, 3.8) is 0 Å². The second kappa shape index (κ2) is 6.31. The van der Waals surface area contributed by atoms with Crippen LogP contribution in [0.5, 0.6) is 5.75 Å². The van der Waals surface area contributed by atoms with Crippen molar-refractivity contribution in [2.75, 3.05) is 7.11 Å². The Balaban J connectivity index is 2.01. The average molecular weight is 311 g/mol. The van der Waals surface area contributed by atoms with Crippen molar-refractivity contribution in [1.29, 1.82) is 0 Å². The minimum atomic E-state index is 0.415. The highest BCUT2D eigenvalue weighted by Gasteiger charge is 2.07. The van der Waals surface area contributed by atoms with Gasteiger partial charge in [-0.05, 0) is 36.5 Å². The number of hydrogen-bond acceptors (Lipinski definition) is 5. The number of benzene rings is 1. The fraction of sp³-hybridized carbons (Fsp3) is 0.0667. The van der Waals surface area contributed by atoms with Crippen LogP contribution in [0.2, 0.25) is 0 Å². The van der Waals surface area contributed by atoms with Gasteiger partial charge in [-0.3, -0.25) is 4.98 Å². The van der Waals surface area contributed by atoms with Crippen LogP contribution in [0.4, 0.5) is 0 Å². The van der Waals surface area contributed by atoms with Crippen molar-refractivity contribution in [3.8, 4) is 17.1 Å². The molecule has 0 atom stereocenters. The lowest BCUT2D eigenvalue weighted by Gasteiger charge is -2.03. The number of nitrogens with one attached hydrogen (secondary N) is 1. The largest absolute Gasteiger partial charge is 0.496 e. The number of methoxy groups -OCH3 is 1. The molecule has 6 nitrogen and oxygen atoms in total. The molecule has 0 fully saturated rings. The molecule has 7 heteroatoms. The van der Waals surface area contributed by atoms with E-state index in [2.05, 4.69) is 20.3 Å². The zero-order chi connectivity index (χ0) is 15.4. The maximum atomic E-state index is 5.30. The van der Waals surface area contributed by atoms with Crippen molar-refractivity contribution in [2.45, 2.75) is 0 Å². The topological polar surface area (TPSA) is 68.1 Å². The Morgan fingerprint density at radius 3 is 2.77 bits per heavy atom. The van der Waals surface area contributed by atoms with Gasteiger partial charge in [0.2, 0.25) is 4.77 Å². The van der Waals surface area contributed by atoms with Gasteiger partial charge in [0, 0.05) is 23.5 Å². The molecular weight excluding hydrogens is 298 g/mol. The van der Waals surface area contributed by atoms with Gasteiger partial charge in [-0.15, -0.1) is 0 Å². The first-order valence-electron chi connectivity index (χ1n) is 6.55. The summed E-state index contributed by atoms with van der Waals surface area (Å²) in [4.78, 5) is 4.00. The number of ether oxygens (including phenoxy) is 1. The predicted octanol–water partition coefficient (Wildman–Crippen LogP) is 2.89. The second-order valence-corrected chi connectivity index (χ2v) is 4.77. The third kappa shape index (κ3) is 2.79. The Morgan fingerprint density at radius 2 is 2.00 bits per heavy atom. The molecule has 2 heterocycles. The molecule has 0 saturated heterocycles. The summed E-state index contributed by atoms with van der Waals surface area (Å²) in [5, 5.41) is 11.4. The van der Waals surface area contributed by atoms with Crippen LogP contribution in [0.25, 0.3) is 11.4 Å². The molecule has 0 saturated carbocycles. The zero-order valence-electron chi connectivity index (χ0n) is 11.8. The average Bonchev–Trinajstić information content (AvgIpc) is 2.95. The molecule has 2 aromatic heterocycles. The first kappa shape index (κ1) is 14.2. The van der Waals surface area contributed by atoms with Crippen LogP contribution >= 0.6 is 12.2 Å². The molecule has 0 unspecified atom stereocenters. The molecule has 0 aliphatic heterocycles. The molecule has 0 bridgehead atoms. The van der Waals surface area contributed by atoms with Crippen molar-refractivity contribution in [1.82, 2.24) is 19.9 Å². The molecular formula is C15H13N5OS. The number of rotatable bonds is 4. The van der Waals surface area contributed by atoms with Crippen LogP contribution in [0, 0.1) is 4.77 Å². The van der Waals surface area contributed by atoms with Crippen molar-refractivity contribution in [2.24, 2.45) is 5.10 Å². The van der Waals surface area contributed by atoms with E-state index in [4.69, 9.17) is 17.0 Å². The van der Waals surface area contributed by atoms with Gasteiger partial charge in [0.05, 0.1) is 13.3 Å². The number of H-pyrrole nitrogens is 1. The fourth-order valence-electron chi connectivity index (χ4n) is 1.98. The van der Waals surface area contributed by atoms with Crippen LogP contribution < -0.4 is 4.74 Å². The van der Waals surface area contributed by atoms with E-state index in [1.807, 2.05) is 36.4 Å². The Bertz CT molecular complexity index is 854. The van der Waals surface area contributed by atoms with Crippen LogP contribution in [-0.2, 0) is 0 Å². The summed E-state index contributed by atoms with van der Waals surface area (Å²) in [6, 6.07) is 11.3. The van der Waals surface area contributed by atoms with E-state index >= 15 is 0 Å². The minimum Gasteiger partial charge on any atom is -0.496 e. The van der Waals surface area contributed by atoms with E-state index in [1.165, 1.54) is 0 Å². The number of pyridine rings is 1. The molecule has 0 amide bonds. The van der Waals surface area contributed by atoms with Gasteiger partial charge in [0.15, 0.2) is 5.82 Å². The first-order valence-corrected chi connectivity index (χ1v) is 6.95. The summed E-state index contributed by atoms with van der Waals surface area (Å²) in [7, 11) is 1.62. The van der Waals surface area contributed by atoms with Gasteiger partial charge in [0.25, 0.3) is 0 Å². The van der Waals surface area contributed by atoms with Crippen LogP contribution in [0.1, 0.15) is 5.56 Å². The predicted molar refractivity (Wildman–Crippen MR) is 86.6 cm³/mol. The highest BCUT2D eigenvalue weighted by molar-refractivity contribution is 7.71. The van der Waals surface area contributed by atoms with Crippen molar-refractivity contribution >= 4 is 18.4 Å². The van der Waals surface area contributed by atoms with Gasteiger partial charge in [-0.25, -0.2) is 5.10 Å². The molecule has 0 aliphatic carbocycles. The van der Waals surface area contributed by atoms with Crippen molar-refractivity contribution < 1.29 is 4.74 Å². The quantitative estimate of drug-likeness (QED) is 0.594. The van der Waals surface area contributed by atoms with Gasteiger partial charge < -0.3 is 4.74 Å². The van der Waals surface area contributed by atoms with Gasteiger partial charge in [0.1, 0.15) is 5.75 Å². The van der Waals surface area contributed by atoms with Crippen LogP contribution in [0.15, 0.2) is 53.9 Å². The Labute approximate surface area is 132 Å². The number of aromatic nitrogens is 4. The van der Waals surface area contributed by atoms with E-state index in [0.29, 0.717) is 10.6 Å². The lowest BCUT2D eigenvalue weighted by Crippen LogP contribution is -1.96. The number of nitrogens with zero attached hydrogens (tertiary/aromatic N) is 4. The van der Waals surface area contributed by atoms with E-state index in [1.54, 1.807) is 30.4 Å². The van der Waals surface area contributed by atoms with Gasteiger partial charge in [-0.2, -0.15) is 14.9 Å².